The van der Waals surface area contributed by atoms with E-state index in [1.165, 1.54) is 0 Å². The van der Waals surface area contributed by atoms with Crippen molar-refractivity contribution in [1.29, 1.82) is 0 Å². The van der Waals surface area contributed by atoms with Gasteiger partial charge in [0.05, 0.1) is 5.41 Å². The molecule has 0 aliphatic heterocycles. The molecule has 1 aliphatic rings. The van der Waals surface area contributed by atoms with Crippen LogP contribution in [-0.2, 0) is 14.3 Å². The second kappa shape index (κ2) is 6.23. The van der Waals surface area contributed by atoms with Crippen LogP contribution in [0.25, 0.3) is 0 Å². The van der Waals surface area contributed by atoms with E-state index in [1.807, 2.05) is 0 Å². The second-order valence-electron chi connectivity index (χ2n) is 4.68. The third-order valence-electron chi connectivity index (χ3n) is 3.14. The number of carboxylic acid groups (broad SMARTS) is 1. The second-order valence-corrected chi connectivity index (χ2v) is 4.68. The van der Waals surface area contributed by atoms with Crippen LogP contribution in [0, 0.1) is 5.41 Å². The van der Waals surface area contributed by atoms with Gasteiger partial charge in [0.2, 0.25) is 5.91 Å². The van der Waals surface area contributed by atoms with Crippen LogP contribution in [0.2, 0.25) is 0 Å². The summed E-state index contributed by atoms with van der Waals surface area (Å²) < 4.78 is 39.5. The summed E-state index contributed by atoms with van der Waals surface area (Å²) in [6, 6.07) is 0. The molecular formula is C11H16F3NO4. The van der Waals surface area contributed by atoms with Gasteiger partial charge in [-0.2, -0.15) is 13.2 Å². The topological polar surface area (TPSA) is 75.6 Å². The molecule has 0 radical (unpaired) electrons. The van der Waals surface area contributed by atoms with E-state index in [9.17, 15) is 22.8 Å². The van der Waals surface area contributed by atoms with Crippen LogP contribution in [0.4, 0.5) is 13.2 Å². The van der Waals surface area contributed by atoms with Crippen LogP contribution < -0.4 is 5.32 Å². The van der Waals surface area contributed by atoms with Gasteiger partial charge in [0, 0.05) is 6.54 Å². The number of nitrogens with one attached hydrogen (secondary N) is 1. The van der Waals surface area contributed by atoms with E-state index in [-0.39, 0.29) is 6.54 Å². The lowest BCUT2D eigenvalue weighted by Gasteiger charge is -2.23. The van der Waals surface area contributed by atoms with Crippen molar-refractivity contribution >= 4 is 11.9 Å². The average molecular weight is 283 g/mol. The minimum absolute atomic E-state index is 0.0729. The number of alkyl halides is 3. The fourth-order valence-corrected chi connectivity index (χ4v) is 2.10. The fraction of sp³-hybridized carbons (Fsp3) is 0.818. The molecule has 2 N–H and O–H groups in total. The van der Waals surface area contributed by atoms with Gasteiger partial charge in [0.15, 0.2) is 0 Å². The van der Waals surface area contributed by atoms with Gasteiger partial charge < -0.3 is 15.2 Å². The van der Waals surface area contributed by atoms with E-state index in [2.05, 4.69) is 10.1 Å². The SMILES string of the molecule is O=C(COCC(F)(F)F)NCC1(C(=O)O)CCCC1. The van der Waals surface area contributed by atoms with Crippen molar-refractivity contribution in [3.8, 4) is 0 Å². The molecule has 1 saturated carbocycles. The Balaban J connectivity index is 2.31. The Bertz CT molecular complexity index is 337. The van der Waals surface area contributed by atoms with Crippen molar-refractivity contribution in [3.05, 3.63) is 0 Å². The zero-order valence-electron chi connectivity index (χ0n) is 10.3. The molecule has 110 valence electrons. The molecule has 0 heterocycles. The van der Waals surface area contributed by atoms with Gasteiger partial charge in [-0.25, -0.2) is 0 Å². The summed E-state index contributed by atoms with van der Waals surface area (Å²) in [5.74, 6) is -1.72. The lowest BCUT2D eigenvalue weighted by Crippen LogP contribution is -2.42. The first kappa shape index (κ1) is 15.7. The van der Waals surface area contributed by atoms with E-state index in [0.717, 1.165) is 12.8 Å². The molecule has 0 saturated heterocycles. The summed E-state index contributed by atoms with van der Waals surface area (Å²) in [5, 5.41) is 11.4. The molecule has 5 nitrogen and oxygen atoms in total. The minimum atomic E-state index is -4.48. The van der Waals surface area contributed by atoms with Crippen LogP contribution in [0.5, 0.6) is 0 Å². The molecule has 1 fully saturated rings. The lowest BCUT2D eigenvalue weighted by atomic mass is 9.86. The van der Waals surface area contributed by atoms with Gasteiger partial charge in [0.25, 0.3) is 0 Å². The number of hydrogen-bond acceptors (Lipinski definition) is 3. The number of hydrogen-bond donors (Lipinski definition) is 2. The Hall–Kier alpha value is -1.31. The van der Waals surface area contributed by atoms with E-state index >= 15 is 0 Å². The Kier molecular flexibility index (Phi) is 5.16. The zero-order chi connectivity index (χ0) is 14.5. The van der Waals surface area contributed by atoms with Crippen molar-refractivity contribution in [3.63, 3.8) is 0 Å². The van der Waals surface area contributed by atoms with Crippen molar-refractivity contribution < 1.29 is 32.6 Å². The monoisotopic (exact) mass is 283 g/mol. The van der Waals surface area contributed by atoms with Crippen molar-refractivity contribution in [1.82, 2.24) is 5.32 Å². The number of aliphatic carboxylic acids is 1. The molecule has 0 aromatic heterocycles. The minimum Gasteiger partial charge on any atom is -0.481 e. The van der Waals surface area contributed by atoms with E-state index in [1.54, 1.807) is 0 Å². The predicted molar refractivity (Wildman–Crippen MR) is 58.4 cm³/mol. The van der Waals surface area contributed by atoms with Gasteiger partial charge in [-0.15, -0.1) is 0 Å². The molecule has 8 heteroatoms. The van der Waals surface area contributed by atoms with Crippen LogP contribution >= 0.6 is 0 Å². The van der Waals surface area contributed by atoms with Crippen molar-refractivity contribution in [2.75, 3.05) is 19.8 Å². The molecule has 19 heavy (non-hydrogen) atoms. The zero-order valence-corrected chi connectivity index (χ0v) is 10.3. The molecule has 0 aromatic rings. The quantitative estimate of drug-likeness (QED) is 0.771. The molecule has 1 amide bonds. The first-order chi connectivity index (χ1) is 8.75. The third-order valence-corrected chi connectivity index (χ3v) is 3.14. The molecule has 0 spiro atoms. The molecule has 1 rings (SSSR count). The lowest BCUT2D eigenvalue weighted by molar-refractivity contribution is -0.175. The number of carbonyl (C=O) groups excluding carboxylic acids is 1. The van der Waals surface area contributed by atoms with E-state index in [0.29, 0.717) is 12.8 Å². The number of carboxylic acids is 1. The average Bonchev–Trinajstić information content (AvgIpc) is 2.74. The van der Waals surface area contributed by atoms with Gasteiger partial charge in [-0.05, 0) is 12.8 Å². The van der Waals surface area contributed by atoms with Crippen LogP contribution in [-0.4, -0.2) is 42.9 Å². The third kappa shape index (κ3) is 5.06. The normalized spacial score (nSPS) is 18.3. The van der Waals surface area contributed by atoms with E-state index in [4.69, 9.17) is 5.11 Å². The van der Waals surface area contributed by atoms with E-state index < -0.39 is 36.7 Å². The molecule has 0 aromatic carbocycles. The predicted octanol–water partition coefficient (Wildman–Crippen LogP) is 1.33. The Morgan fingerprint density at radius 3 is 2.32 bits per heavy atom. The highest BCUT2D eigenvalue weighted by molar-refractivity contribution is 5.80. The van der Waals surface area contributed by atoms with Gasteiger partial charge >= 0.3 is 12.1 Å². The largest absolute Gasteiger partial charge is 0.481 e. The maximum atomic E-state index is 11.8. The van der Waals surface area contributed by atoms with Crippen molar-refractivity contribution in [2.45, 2.75) is 31.9 Å². The number of rotatable bonds is 6. The number of ether oxygens (including phenoxy) is 1. The Morgan fingerprint density at radius 2 is 1.84 bits per heavy atom. The highest BCUT2D eigenvalue weighted by Gasteiger charge is 2.41. The highest BCUT2D eigenvalue weighted by atomic mass is 19.4. The van der Waals surface area contributed by atoms with Crippen LogP contribution in [0.15, 0.2) is 0 Å². The van der Waals surface area contributed by atoms with Crippen molar-refractivity contribution in [2.24, 2.45) is 5.41 Å². The van der Waals surface area contributed by atoms with Gasteiger partial charge in [-0.3, -0.25) is 9.59 Å². The number of carbonyl (C=O) groups is 2. The summed E-state index contributed by atoms with van der Waals surface area (Å²) in [6.07, 6.45) is -2.01. The highest BCUT2D eigenvalue weighted by Crippen LogP contribution is 2.37. The number of halogens is 3. The Morgan fingerprint density at radius 1 is 1.26 bits per heavy atom. The standard InChI is InChI=1S/C11H16F3NO4/c12-11(13,14)7-19-5-8(16)15-6-10(9(17)18)3-1-2-4-10/h1-7H2,(H,15,16)(H,17,18). The first-order valence-electron chi connectivity index (χ1n) is 5.90. The van der Waals surface area contributed by atoms with Gasteiger partial charge in [-0.1, -0.05) is 12.8 Å². The molecule has 0 unspecified atom stereocenters. The van der Waals surface area contributed by atoms with Gasteiger partial charge in [0.1, 0.15) is 13.2 Å². The molecule has 0 atom stereocenters. The summed E-state index contributed by atoms with van der Waals surface area (Å²) in [5.41, 5.74) is -0.986. The first-order valence-corrected chi connectivity index (χ1v) is 5.90. The summed E-state index contributed by atoms with van der Waals surface area (Å²) >= 11 is 0. The smallest absolute Gasteiger partial charge is 0.411 e. The summed E-state index contributed by atoms with van der Waals surface area (Å²) in [6.45, 7) is -2.30. The fourth-order valence-electron chi connectivity index (χ4n) is 2.10. The summed E-state index contributed by atoms with van der Waals surface area (Å²) in [4.78, 5) is 22.4. The molecule has 0 bridgehead atoms. The Labute approximate surface area is 108 Å². The number of amides is 1. The maximum Gasteiger partial charge on any atom is 0.411 e. The summed E-state index contributed by atoms with van der Waals surface area (Å²) in [7, 11) is 0. The van der Waals surface area contributed by atoms with Crippen LogP contribution in [0.1, 0.15) is 25.7 Å². The maximum absolute atomic E-state index is 11.8. The molecule has 1 aliphatic carbocycles. The van der Waals surface area contributed by atoms with Crippen LogP contribution in [0.3, 0.4) is 0 Å². The molecular weight excluding hydrogens is 267 g/mol.